The summed E-state index contributed by atoms with van der Waals surface area (Å²) in [5, 5.41) is 15.6. The molecule has 2 aliphatic rings. The zero-order chi connectivity index (χ0) is 41.2. The third-order valence-electron chi connectivity index (χ3n) is 10.6. The smallest absolute Gasteiger partial charge is 0.293 e. The number of nitrogens with zero attached hydrogens (tertiary/aromatic N) is 4. The van der Waals surface area contributed by atoms with Crippen molar-refractivity contribution in [2.75, 3.05) is 75.0 Å². The zero-order valence-corrected chi connectivity index (χ0v) is 34.2. The van der Waals surface area contributed by atoms with Gasteiger partial charge in [0.2, 0.25) is 0 Å². The second-order valence-corrected chi connectivity index (χ2v) is 17.3. The van der Waals surface area contributed by atoms with E-state index in [-0.39, 0.29) is 17.3 Å². The number of sulfonamides is 1. The van der Waals surface area contributed by atoms with E-state index in [2.05, 4.69) is 39.4 Å². The molecule has 15 heteroatoms. The number of hydrogen-bond acceptors (Lipinski definition) is 11. The van der Waals surface area contributed by atoms with E-state index in [0.717, 1.165) is 48.8 Å². The van der Waals surface area contributed by atoms with Gasteiger partial charge >= 0.3 is 0 Å². The molecule has 2 fully saturated rings. The molecule has 0 spiro atoms. The number of thioether (sulfide) groups is 1. The fourth-order valence-electron chi connectivity index (χ4n) is 7.34. The van der Waals surface area contributed by atoms with E-state index in [0.29, 0.717) is 57.3 Å². The monoisotopic (exact) mass is 838 g/mol. The number of carbonyl (C=O) groups excluding carboxylic acids is 1. The molecule has 1 atom stereocenters. The maximum absolute atomic E-state index is 15.6. The van der Waals surface area contributed by atoms with Crippen LogP contribution in [0.2, 0.25) is 0 Å². The highest BCUT2D eigenvalue weighted by Gasteiger charge is 2.27. The number of rotatable bonds is 16. The van der Waals surface area contributed by atoms with Crippen LogP contribution >= 0.6 is 11.8 Å². The van der Waals surface area contributed by atoms with Crippen molar-refractivity contribution < 1.29 is 27.3 Å². The van der Waals surface area contributed by atoms with Crippen LogP contribution in [0, 0.1) is 15.9 Å². The number of benzene rings is 5. The largest absolute Gasteiger partial charge is 0.379 e. The van der Waals surface area contributed by atoms with Crippen molar-refractivity contribution in [3.63, 3.8) is 0 Å². The van der Waals surface area contributed by atoms with E-state index in [1.54, 1.807) is 11.8 Å². The highest BCUT2D eigenvalue weighted by atomic mass is 32.2. The van der Waals surface area contributed by atoms with Gasteiger partial charge in [-0.15, -0.1) is 11.8 Å². The number of halogens is 1. The van der Waals surface area contributed by atoms with Crippen LogP contribution in [0.4, 0.5) is 21.5 Å². The van der Waals surface area contributed by atoms with E-state index in [1.165, 1.54) is 35.4 Å². The molecule has 2 saturated heterocycles. The van der Waals surface area contributed by atoms with Gasteiger partial charge in [0.1, 0.15) is 11.5 Å². The second-order valence-electron chi connectivity index (χ2n) is 14.5. The molecule has 5 aromatic rings. The number of morpholine rings is 1. The predicted octanol–water partition coefficient (Wildman–Crippen LogP) is 7.14. The van der Waals surface area contributed by atoms with Crippen LogP contribution in [0.5, 0.6) is 0 Å². The Labute approximate surface area is 348 Å². The van der Waals surface area contributed by atoms with Gasteiger partial charge in [-0.25, -0.2) is 17.5 Å². The second kappa shape index (κ2) is 19.6. The molecule has 1 amide bonds. The van der Waals surface area contributed by atoms with Crippen molar-refractivity contribution in [3.05, 3.63) is 148 Å². The maximum atomic E-state index is 15.6. The predicted molar refractivity (Wildman–Crippen MR) is 230 cm³/mol. The van der Waals surface area contributed by atoms with Crippen molar-refractivity contribution in [2.24, 2.45) is 0 Å². The van der Waals surface area contributed by atoms with Crippen molar-refractivity contribution in [1.82, 2.24) is 14.5 Å². The SMILES string of the molecule is O=C(NS(=O)(=O)c1ccc(N[C@H](CCN2CCOCC2)CSc2ccccc2)c([N+](=O)[O-])c1)c1ccc(N2CCN(Cc3ccccc3-c3ccccc3)CC2)c(F)c1. The van der Waals surface area contributed by atoms with Crippen molar-refractivity contribution in [1.29, 1.82) is 0 Å². The zero-order valence-electron chi connectivity index (χ0n) is 32.5. The minimum atomic E-state index is -4.57. The molecule has 2 N–H and O–H groups in total. The Kier molecular flexibility index (Phi) is 13.9. The fourth-order valence-corrected chi connectivity index (χ4v) is 9.32. The van der Waals surface area contributed by atoms with Gasteiger partial charge in [0.15, 0.2) is 0 Å². The number of nitrogens with one attached hydrogen (secondary N) is 2. The summed E-state index contributed by atoms with van der Waals surface area (Å²) in [6.45, 7) is 6.94. The first-order chi connectivity index (χ1) is 28.6. The number of hydrogen-bond donors (Lipinski definition) is 2. The Bertz CT molecular complexity index is 2330. The van der Waals surface area contributed by atoms with Gasteiger partial charge in [0, 0.05) is 80.7 Å². The van der Waals surface area contributed by atoms with Crippen LogP contribution in [0.1, 0.15) is 22.3 Å². The maximum Gasteiger partial charge on any atom is 0.293 e. The third-order valence-corrected chi connectivity index (χ3v) is 13.1. The lowest BCUT2D eigenvalue weighted by Crippen LogP contribution is -2.46. The lowest BCUT2D eigenvalue weighted by molar-refractivity contribution is -0.384. The van der Waals surface area contributed by atoms with Gasteiger partial charge in [-0.3, -0.25) is 24.7 Å². The molecular weight excluding hydrogens is 792 g/mol. The summed E-state index contributed by atoms with van der Waals surface area (Å²) in [5.74, 6) is -1.10. The highest BCUT2D eigenvalue weighted by molar-refractivity contribution is 7.99. The van der Waals surface area contributed by atoms with Crippen LogP contribution in [-0.4, -0.2) is 99.9 Å². The standard InChI is InChI=1S/C44H47FN6O6S2/c45-40-29-34(15-18-42(40)50-23-21-49(22-24-50)31-35-11-7-8-14-39(35)33-9-3-1-4-10-33)44(52)47-59(55,56)38-16-17-41(43(30-38)51(53)54)46-36(19-20-48-25-27-57-28-26-48)32-58-37-12-5-2-6-13-37/h1-18,29-30,36,46H,19-28,31-32H2,(H,47,52)/t36-/m1/s1. The average Bonchev–Trinajstić information content (AvgIpc) is 3.26. The van der Waals surface area contributed by atoms with Gasteiger partial charge in [-0.1, -0.05) is 72.8 Å². The molecule has 7 rings (SSSR count). The summed E-state index contributed by atoms with van der Waals surface area (Å²) in [5.41, 5.74) is 3.38. The number of piperazine rings is 1. The average molecular weight is 839 g/mol. The van der Waals surface area contributed by atoms with Crippen molar-refractivity contribution >= 4 is 44.8 Å². The van der Waals surface area contributed by atoms with Crippen molar-refractivity contribution in [2.45, 2.75) is 28.8 Å². The van der Waals surface area contributed by atoms with E-state index in [9.17, 15) is 23.3 Å². The first-order valence-electron chi connectivity index (χ1n) is 19.6. The number of ether oxygens (including phenoxy) is 1. The summed E-state index contributed by atoms with van der Waals surface area (Å²) < 4.78 is 49.8. The lowest BCUT2D eigenvalue weighted by Gasteiger charge is -2.36. The molecule has 0 aromatic heterocycles. The van der Waals surface area contributed by atoms with Gasteiger partial charge in [-0.2, -0.15) is 0 Å². The number of nitro groups is 1. The minimum Gasteiger partial charge on any atom is -0.379 e. The molecular formula is C44H47FN6O6S2. The Hall–Kier alpha value is -5.32. The van der Waals surface area contributed by atoms with Crippen molar-refractivity contribution in [3.8, 4) is 11.1 Å². The number of nitro benzene ring substituents is 1. The Morgan fingerprint density at radius 3 is 2.24 bits per heavy atom. The molecule has 308 valence electrons. The first kappa shape index (κ1) is 41.8. The summed E-state index contributed by atoms with van der Waals surface area (Å²) in [6.07, 6.45) is 0.683. The Morgan fingerprint density at radius 1 is 0.831 bits per heavy atom. The molecule has 12 nitrogen and oxygen atoms in total. The summed E-state index contributed by atoms with van der Waals surface area (Å²) in [6, 6.07) is 35.6. The molecule has 0 aliphatic carbocycles. The van der Waals surface area contributed by atoms with Crippen LogP contribution in [0.15, 0.2) is 131 Å². The van der Waals surface area contributed by atoms with Gasteiger partial charge in [0.25, 0.3) is 21.6 Å². The quantitative estimate of drug-likeness (QED) is 0.0597. The molecule has 59 heavy (non-hydrogen) atoms. The summed E-state index contributed by atoms with van der Waals surface area (Å²) in [4.78, 5) is 32.0. The summed E-state index contributed by atoms with van der Waals surface area (Å²) in [7, 11) is -4.57. The fraction of sp³-hybridized carbons (Fsp3) is 0.295. The van der Waals surface area contributed by atoms with Crippen LogP contribution in [-0.2, 0) is 21.3 Å². The molecule has 5 aromatic carbocycles. The minimum absolute atomic E-state index is 0.163. The van der Waals surface area contributed by atoms with E-state index in [4.69, 9.17) is 4.74 Å². The summed E-state index contributed by atoms with van der Waals surface area (Å²) >= 11 is 1.62. The van der Waals surface area contributed by atoms with E-state index < -0.39 is 37.3 Å². The van der Waals surface area contributed by atoms with Gasteiger partial charge in [-0.05, 0) is 65.6 Å². The van der Waals surface area contributed by atoms with Gasteiger partial charge < -0.3 is 15.0 Å². The normalized spacial score (nSPS) is 15.7. The number of anilines is 2. The molecule has 2 heterocycles. The highest BCUT2D eigenvalue weighted by Crippen LogP contribution is 2.31. The van der Waals surface area contributed by atoms with E-state index >= 15 is 4.39 Å². The Morgan fingerprint density at radius 2 is 1.53 bits per heavy atom. The third kappa shape index (κ3) is 11.0. The molecule has 0 radical (unpaired) electrons. The lowest BCUT2D eigenvalue weighted by atomic mass is 9.99. The molecule has 0 saturated carbocycles. The Balaban J connectivity index is 0.979. The molecule has 0 unspecified atom stereocenters. The molecule has 0 bridgehead atoms. The topological polar surface area (TPSA) is 137 Å². The van der Waals surface area contributed by atoms with Crippen LogP contribution in [0.3, 0.4) is 0 Å². The number of carbonyl (C=O) groups is 1. The van der Waals surface area contributed by atoms with E-state index in [1.807, 2.05) is 70.3 Å². The number of amides is 1. The van der Waals surface area contributed by atoms with Crippen LogP contribution in [0.25, 0.3) is 11.1 Å². The molecule has 2 aliphatic heterocycles. The van der Waals surface area contributed by atoms with Gasteiger partial charge in [0.05, 0.1) is 28.7 Å². The first-order valence-corrected chi connectivity index (χ1v) is 22.1. The van der Waals surface area contributed by atoms with Crippen LogP contribution < -0.4 is 14.9 Å².